The summed E-state index contributed by atoms with van der Waals surface area (Å²) in [5.41, 5.74) is 0.777. The van der Waals surface area contributed by atoms with Gasteiger partial charge in [-0.1, -0.05) is 30.3 Å². The van der Waals surface area contributed by atoms with Gasteiger partial charge in [0.2, 0.25) is 5.91 Å². The Kier molecular flexibility index (Phi) is 6.98. The first-order valence-corrected chi connectivity index (χ1v) is 13.5. The maximum Gasteiger partial charge on any atom is 0.320 e. The van der Waals surface area contributed by atoms with E-state index in [1.165, 1.54) is 5.56 Å². The van der Waals surface area contributed by atoms with Gasteiger partial charge in [-0.3, -0.25) is 14.7 Å². The van der Waals surface area contributed by atoms with E-state index < -0.39 is 5.60 Å². The number of carbonyl (C=O) groups excluding carboxylic acids is 2. The minimum atomic E-state index is -0.786. The van der Waals surface area contributed by atoms with Crippen LogP contribution in [0.25, 0.3) is 0 Å². The molecule has 1 spiro atoms. The molecule has 2 aromatic rings. The van der Waals surface area contributed by atoms with Crippen molar-refractivity contribution < 1.29 is 14.7 Å². The molecule has 3 amide bonds. The number of rotatable bonds is 8. The molecule has 2 saturated carbocycles. The van der Waals surface area contributed by atoms with Crippen molar-refractivity contribution in [2.45, 2.75) is 68.0 Å². The van der Waals surface area contributed by atoms with E-state index in [1.54, 1.807) is 24.5 Å². The van der Waals surface area contributed by atoms with Crippen LogP contribution in [0.1, 0.15) is 56.9 Å². The van der Waals surface area contributed by atoms with Crippen LogP contribution < -0.4 is 5.32 Å². The molecular formula is C29H39N5O3. The molecule has 2 heterocycles. The molecule has 3 aliphatic rings. The Balaban J connectivity index is 1.32. The number of aliphatic hydroxyl groups is 1. The molecule has 1 aromatic heterocycles. The Morgan fingerprint density at radius 3 is 2.38 bits per heavy atom. The second-order valence-corrected chi connectivity index (χ2v) is 11.4. The van der Waals surface area contributed by atoms with Crippen LogP contribution in [0.2, 0.25) is 0 Å². The maximum atomic E-state index is 13.7. The molecule has 37 heavy (non-hydrogen) atoms. The Bertz CT molecular complexity index is 1100. The number of amides is 3. The number of aromatic nitrogens is 1. The lowest BCUT2D eigenvalue weighted by Gasteiger charge is -2.52. The van der Waals surface area contributed by atoms with E-state index in [1.807, 2.05) is 9.80 Å². The molecule has 1 aliphatic heterocycles. The van der Waals surface area contributed by atoms with E-state index in [0.29, 0.717) is 25.3 Å². The lowest BCUT2D eigenvalue weighted by molar-refractivity contribution is -0.116. The summed E-state index contributed by atoms with van der Waals surface area (Å²) >= 11 is 0. The first kappa shape index (κ1) is 25.7. The predicted octanol–water partition coefficient (Wildman–Crippen LogP) is 3.83. The fraction of sp³-hybridized carbons (Fsp3) is 0.552. The minimum Gasteiger partial charge on any atom is -0.388 e. The summed E-state index contributed by atoms with van der Waals surface area (Å²) in [6.45, 7) is 1.34. The van der Waals surface area contributed by atoms with Crippen LogP contribution in [0.5, 0.6) is 0 Å². The molecule has 0 radical (unpaired) electrons. The number of β-amino-alcohol motifs (C(OH)–C–C–N with tert-alkyl or cyclic N) is 1. The van der Waals surface area contributed by atoms with Crippen molar-refractivity contribution >= 4 is 17.6 Å². The van der Waals surface area contributed by atoms with Crippen molar-refractivity contribution in [1.82, 2.24) is 19.7 Å². The molecule has 1 saturated heterocycles. The van der Waals surface area contributed by atoms with Gasteiger partial charge in [-0.05, 0) is 76.7 Å². The summed E-state index contributed by atoms with van der Waals surface area (Å²) in [7, 11) is 4.29. The van der Waals surface area contributed by atoms with E-state index in [-0.39, 0.29) is 29.4 Å². The molecule has 0 unspecified atom stereocenters. The third-order valence-electron chi connectivity index (χ3n) is 9.03. The molecule has 0 bridgehead atoms. The monoisotopic (exact) mass is 505 g/mol. The van der Waals surface area contributed by atoms with Crippen molar-refractivity contribution in [3.05, 3.63) is 60.4 Å². The average Bonchev–Trinajstić information content (AvgIpc) is 3.13. The van der Waals surface area contributed by atoms with Crippen LogP contribution in [0.3, 0.4) is 0 Å². The third kappa shape index (κ3) is 4.97. The summed E-state index contributed by atoms with van der Waals surface area (Å²) in [4.78, 5) is 36.5. The molecule has 8 nitrogen and oxygen atoms in total. The van der Waals surface area contributed by atoms with Crippen LogP contribution in [0.15, 0.2) is 54.9 Å². The third-order valence-corrected chi connectivity index (χ3v) is 9.03. The number of carbonyl (C=O) groups is 2. The molecule has 8 heteroatoms. The quantitative estimate of drug-likeness (QED) is 0.569. The lowest BCUT2D eigenvalue weighted by atomic mass is 9.67. The SMILES string of the molecule is CN(C)[C@]1(c2ccccc2)CC[C@]2(CC1)CN(CCC(=O)Nc1cccnc1)C(=O)N2CC1(O)CCC1. The van der Waals surface area contributed by atoms with Gasteiger partial charge in [0.05, 0.1) is 29.6 Å². The number of nitrogens with one attached hydrogen (secondary N) is 1. The normalized spacial score (nSPS) is 27.0. The highest BCUT2D eigenvalue weighted by atomic mass is 16.3. The zero-order chi connectivity index (χ0) is 26.1. The van der Waals surface area contributed by atoms with Crippen molar-refractivity contribution in [2.24, 2.45) is 0 Å². The van der Waals surface area contributed by atoms with E-state index in [2.05, 4.69) is 59.6 Å². The zero-order valence-electron chi connectivity index (χ0n) is 22.0. The topological polar surface area (TPSA) is 89.0 Å². The van der Waals surface area contributed by atoms with Crippen molar-refractivity contribution in [2.75, 3.05) is 39.0 Å². The van der Waals surface area contributed by atoms with E-state index in [9.17, 15) is 14.7 Å². The van der Waals surface area contributed by atoms with Gasteiger partial charge in [-0.25, -0.2) is 4.79 Å². The molecule has 3 fully saturated rings. The predicted molar refractivity (Wildman–Crippen MR) is 143 cm³/mol. The number of urea groups is 1. The van der Waals surface area contributed by atoms with E-state index in [0.717, 1.165) is 44.9 Å². The van der Waals surface area contributed by atoms with Gasteiger partial charge in [-0.2, -0.15) is 0 Å². The molecule has 0 atom stereocenters. The van der Waals surface area contributed by atoms with Crippen molar-refractivity contribution in [3.63, 3.8) is 0 Å². The van der Waals surface area contributed by atoms with Crippen molar-refractivity contribution in [1.29, 1.82) is 0 Å². The van der Waals surface area contributed by atoms with Crippen LogP contribution in [0.4, 0.5) is 10.5 Å². The van der Waals surface area contributed by atoms with Gasteiger partial charge in [0.25, 0.3) is 0 Å². The molecular weight excluding hydrogens is 466 g/mol. The zero-order valence-corrected chi connectivity index (χ0v) is 22.0. The number of pyridine rings is 1. The van der Waals surface area contributed by atoms with Gasteiger partial charge < -0.3 is 20.2 Å². The molecule has 2 N–H and O–H groups in total. The highest BCUT2D eigenvalue weighted by Crippen LogP contribution is 2.50. The summed E-state index contributed by atoms with van der Waals surface area (Å²) in [6.07, 6.45) is 9.57. The highest BCUT2D eigenvalue weighted by molar-refractivity contribution is 5.91. The Hall–Kier alpha value is -2.97. The lowest BCUT2D eigenvalue weighted by Crippen LogP contribution is -2.59. The summed E-state index contributed by atoms with van der Waals surface area (Å²) < 4.78 is 0. The molecule has 2 aliphatic carbocycles. The van der Waals surface area contributed by atoms with E-state index in [4.69, 9.17) is 0 Å². The Morgan fingerprint density at radius 2 is 1.78 bits per heavy atom. The smallest absolute Gasteiger partial charge is 0.320 e. The van der Waals surface area contributed by atoms with Gasteiger partial charge in [-0.15, -0.1) is 0 Å². The fourth-order valence-corrected chi connectivity index (χ4v) is 6.53. The summed E-state index contributed by atoms with van der Waals surface area (Å²) in [5, 5.41) is 13.9. The van der Waals surface area contributed by atoms with Crippen LogP contribution >= 0.6 is 0 Å². The van der Waals surface area contributed by atoms with Crippen molar-refractivity contribution in [3.8, 4) is 0 Å². The summed E-state index contributed by atoms with van der Waals surface area (Å²) in [5.74, 6) is -0.134. The van der Waals surface area contributed by atoms with Gasteiger partial charge in [0.15, 0.2) is 0 Å². The standard InChI is InChI=1S/C29H39N5O3/c1-32(2)29(23-8-4-3-5-9-23)16-14-27(15-17-29)21-33(26(36)34(27)22-28(37)12-7-13-28)19-11-25(35)31-24-10-6-18-30-20-24/h3-6,8-10,18,20,37H,7,11-17,19,21-22H2,1-2H3,(H,31,35)/t27-,29+. The first-order chi connectivity index (χ1) is 17.8. The number of nitrogens with zero attached hydrogens (tertiary/aromatic N) is 4. The Labute approximate surface area is 219 Å². The Morgan fingerprint density at radius 1 is 1.05 bits per heavy atom. The summed E-state index contributed by atoms with van der Waals surface area (Å²) in [6, 6.07) is 14.2. The second kappa shape index (κ2) is 10.1. The minimum absolute atomic E-state index is 0.0495. The number of anilines is 1. The average molecular weight is 506 g/mol. The maximum absolute atomic E-state index is 13.7. The second-order valence-electron chi connectivity index (χ2n) is 11.4. The van der Waals surface area contributed by atoms with Gasteiger partial charge in [0.1, 0.15) is 0 Å². The largest absolute Gasteiger partial charge is 0.388 e. The number of hydrogen-bond donors (Lipinski definition) is 2. The number of benzene rings is 1. The van der Waals surface area contributed by atoms with E-state index >= 15 is 0 Å². The first-order valence-electron chi connectivity index (χ1n) is 13.5. The molecule has 1 aromatic carbocycles. The van der Waals surface area contributed by atoms with Crippen LogP contribution in [-0.4, -0.2) is 81.6 Å². The van der Waals surface area contributed by atoms with Crippen LogP contribution in [0, 0.1) is 0 Å². The fourth-order valence-electron chi connectivity index (χ4n) is 6.53. The van der Waals surface area contributed by atoms with Gasteiger partial charge >= 0.3 is 6.03 Å². The van der Waals surface area contributed by atoms with Gasteiger partial charge in [0, 0.05) is 31.2 Å². The molecule has 198 valence electrons. The highest BCUT2D eigenvalue weighted by Gasteiger charge is 2.56. The number of hydrogen-bond acceptors (Lipinski definition) is 5. The molecule has 5 rings (SSSR count). The van der Waals surface area contributed by atoms with Crippen LogP contribution in [-0.2, 0) is 10.3 Å².